The summed E-state index contributed by atoms with van der Waals surface area (Å²) in [6.45, 7) is 4.13. The van der Waals surface area contributed by atoms with E-state index >= 15 is 0 Å². The summed E-state index contributed by atoms with van der Waals surface area (Å²) in [5, 5.41) is 18.1. The van der Waals surface area contributed by atoms with Crippen molar-refractivity contribution in [2.24, 2.45) is 11.7 Å². The molecule has 0 radical (unpaired) electrons. The van der Waals surface area contributed by atoms with Gasteiger partial charge in [-0.15, -0.1) is 0 Å². The molecule has 1 fully saturated rings. The van der Waals surface area contributed by atoms with Gasteiger partial charge >= 0.3 is 5.97 Å². The molecular formula is C35H45N7O6. The van der Waals surface area contributed by atoms with Crippen LogP contribution in [-0.4, -0.2) is 86.3 Å². The number of H-pyrrole nitrogens is 1. The first kappa shape index (κ1) is 35.8. The largest absolute Gasteiger partial charge is 0.480 e. The summed E-state index contributed by atoms with van der Waals surface area (Å²) in [5.41, 5.74) is 8.42. The van der Waals surface area contributed by atoms with Crippen LogP contribution in [0.1, 0.15) is 49.9 Å². The Morgan fingerprint density at radius 3 is 2.02 bits per heavy atom. The van der Waals surface area contributed by atoms with Crippen molar-refractivity contribution in [1.82, 2.24) is 30.8 Å². The lowest BCUT2D eigenvalue weighted by atomic mass is 9.99. The van der Waals surface area contributed by atoms with E-state index < -0.39 is 53.9 Å². The van der Waals surface area contributed by atoms with Crippen LogP contribution < -0.4 is 21.7 Å². The highest BCUT2D eigenvalue weighted by atomic mass is 16.4. The third kappa shape index (κ3) is 10.2. The van der Waals surface area contributed by atoms with E-state index in [0.717, 1.165) is 11.1 Å². The molecule has 13 heteroatoms. The van der Waals surface area contributed by atoms with Gasteiger partial charge in [0.2, 0.25) is 23.6 Å². The van der Waals surface area contributed by atoms with Crippen LogP contribution in [0.2, 0.25) is 0 Å². The van der Waals surface area contributed by atoms with Crippen LogP contribution in [0.4, 0.5) is 0 Å². The number of aromatic nitrogens is 2. The van der Waals surface area contributed by atoms with Gasteiger partial charge in [0.25, 0.3) is 0 Å². The molecule has 0 saturated carbocycles. The van der Waals surface area contributed by atoms with Crippen molar-refractivity contribution >= 4 is 29.6 Å². The third-order valence-corrected chi connectivity index (χ3v) is 8.30. The molecular weight excluding hydrogens is 614 g/mol. The zero-order valence-corrected chi connectivity index (χ0v) is 27.3. The first-order valence-corrected chi connectivity index (χ1v) is 16.3. The molecule has 4 rings (SSSR count). The van der Waals surface area contributed by atoms with E-state index in [1.165, 1.54) is 11.2 Å². The molecule has 256 valence electrons. The van der Waals surface area contributed by atoms with Gasteiger partial charge in [0, 0.05) is 37.7 Å². The quantitative estimate of drug-likeness (QED) is 0.132. The van der Waals surface area contributed by atoms with Crippen molar-refractivity contribution < 1.29 is 29.1 Å². The Hall–Kier alpha value is -5.04. The topological polar surface area (TPSA) is 200 Å². The van der Waals surface area contributed by atoms with Gasteiger partial charge in [-0.2, -0.15) is 0 Å². The Morgan fingerprint density at radius 1 is 0.875 bits per heavy atom. The number of nitrogens with zero attached hydrogens (tertiary/aromatic N) is 2. The fourth-order valence-corrected chi connectivity index (χ4v) is 5.86. The lowest BCUT2D eigenvalue weighted by molar-refractivity contribution is -0.142. The zero-order valence-electron chi connectivity index (χ0n) is 27.3. The van der Waals surface area contributed by atoms with Crippen LogP contribution >= 0.6 is 0 Å². The molecule has 2 aromatic carbocycles. The zero-order chi connectivity index (χ0) is 34.6. The summed E-state index contributed by atoms with van der Waals surface area (Å²) in [6, 6.07) is 13.0. The maximum atomic E-state index is 13.9. The number of carboxylic acid groups (broad SMARTS) is 1. The van der Waals surface area contributed by atoms with Crippen molar-refractivity contribution in [1.29, 1.82) is 0 Å². The number of imidazole rings is 1. The molecule has 5 atom stereocenters. The minimum atomic E-state index is -1.21. The number of benzene rings is 2. The van der Waals surface area contributed by atoms with E-state index in [0.29, 0.717) is 25.1 Å². The smallest absolute Gasteiger partial charge is 0.326 e. The average Bonchev–Trinajstić information content (AvgIpc) is 3.77. The maximum absolute atomic E-state index is 13.9. The predicted molar refractivity (Wildman–Crippen MR) is 178 cm³/mol. The third-order valence-electron chi connectivity index (χ3n) is 8.30. The molecule has 13 nitrogen and oxygen atoms in total. The fourth-order valence-electron chi connectivity index (χ4n) is 5.86. The number of amides is 4. The Kier molecular flexibility index (Phi) is 12.8. The molecule has 0 aliphatic carbocycles. The monoisotopic (exact) mass is 659 g/mol. The van der Waals surface area contributed by atoms with E-state index in [4.69, 9.17) is 5.73 Å². The number of hydrogen-bond acceptors (Lipinski definition) is 7. The van der Waals surface area contributed by atoms with Crippen molar-refractivity contribution in [3.63, 3.8) is 0 Å². The van der Waals surface area contributed by atoms with Crippen LogP contribution in [0.25, 0.3) is 0 Å². The minimum Gasteiger partial charge on any atom is -0.480 e. The molecule has 1 aliphatic rings. The van der Waals surface area contributed by atoms with Crippen LogP contribution in [0.3, 0.4) is 0 Å². The fraction of sp³-hybridized carbons (Fsp3) is 0.429. The number of nitrogens with two attached hydrogens (primary N) is 1. The van der Waals surface area contributed by atoms with Gasteiger partial charge in [-0.25, -0.2) is 9.78 Å². The summed E-state index contributed by atoms with van der Waals surface area (Å²) >= 11 is 0. The number of carboxylic acids is 1. The van der Waals surface area contributed by atoms with Crippen molar-refractivity contribution in [2.45, 2.75) is 82.6 Å². The Morgan fingerprint density at radius 2 is 1.46 bits per heavy atom. The highest BCUT2D eigenvalue weighted by Gasteiger charge is 2.38. The Bertz CT molecular complexity index is 1520. The number of likely N-dealkylation sites (tertiary alicyclic amines) is 1. The van der Waals surface area contributed by atoms with Crippen LogP contribution in [-0.2, 0) is 43.2 Å². The number of rotatable bonds is 16. The SMILES string of the molecule is CC(C)C[C@H](NC(=O)[C@H](Cc1ccccc1)NC(=O)[C@@H]1CCCN1C(=O)[C@@H](N)Cc1cnc[nH]1)C(=O)N[C@@H](Cc1ccccc1)C(=O)O. The normalized spacial score (nSPS) is 16.8. The van der Waals surface area contributed by atoms with Crippen LogP contribution in [0.5, 0.6) is 0 Å². The highest BCUT2D eigenvalue weighted by Crippen LogP contribution is 2.20. The number of carbonyl (C=O) groups excluding carboxylic acids is 4. The molecule has 0 spiro atoms. The van der Waals surface area contributed by atoms with Crippen molar-refractivity contribution in [2.75, 3.05) is 6.54 Å². The van der Waals surface area contributed by atoms with Gasteiger partial charge in [-0.05, 0) is 36.3 Å². The summed E-state index contributed by atoms with van der Waals surface area (Å²) in [6.07, 6.45) is 4.76. The van der Waals surface area contributed by atoms with Gasteiger partial charge in [-0.1, -0.05) is 74.5 Å². The van der Waals surface area contributed by atoms with Crippen molar-refractivity contribution in [3.8, 4) is 0 Å². The maximum Gasteiger partial charge on any atom is 0.326 e. The molecule has 2 heterocycles. The number of carbonyl (C=O) groups is 5. The van der Waals surface area contributed by atoms with Gasteiger partial charge in [0.1, 0.15) is 24.2 Å². The summed E-state index contributed by atoms with van der Waals surface area (Å²) in [7, 11) is 0. The number of nitrogens with one attached hydrogen (secondary N) is 4. The Labute approximate surface area is 280 Å². The second-order valence-corrected chi connectivity index (χ2v) is 12.6. The first-order valence-electron chi connectivity index (χ1n) is 16.3. The first-order chi connectivity index (χ1) is 23.0. The molecule has 7 N–H and O–H groups in total. The number of aromatic amines is 1. The number of aliphatic carboxylic acids is 1. The minimum absolute atomic E-state index is 0.0235. The van der Waals surface area contributed by atoms with Crippen LogP contribution in [0, 0.1) is 5.92 Å². The molecule has 1 aliphatic heterocycles. The van der Waals surface area contributed by atoms with E-state index in [-0.39, 0.29) is 37.5 Å². The highest BCUT2D eigenvalue weighted by molar-refractivity contribution is 5.95. The molecule has 4 amide bonds. The number of hydrogen-bond donors (Lipinski definition) is 6. The standard InChI is InChI=1S/C35H45N7O6/c1-22(2)16-27(31(43)41-29(35(47)48)18-24-12-7-4-8-13-24)39-32(44)28(17-23-10-5-3-6-11-23)40-33(45)30-14-9-15-42(30)34(46)26(36)19-25-20-37-21-38-25/h3-8,10-13,20-22,26-30H,9,14-19,36H2,1-2H3,(H,37,38)(H,39,44)(H,40,45)(H,41,43)(H,47,48)/t26-,27-,28-,29-,30-/m0/s1. The van der Waals surface area contributed by atoms with Crippen LogP contribution in [0.15, 0.2) is 73.2 Å². The van der Waals surface area contributed by atoms with E-state index in [1.807, 2.05) is 50.2 Å². The second-order valence-electron chi connectivity index (χ2n) is 12.6. The van der Waals surface area contributed by atoms with Gasteiger partial charge in [0.15, 0.2) is 0 Å². The molecule has 1 aromatic heterocycles. The lowest BCUT2D eigenvalue weighted by Crippen LogP contribution is -2.59. The van der Waals surface area contributed by atoms with Gasteiger partial charge in [0.05, 0.1) is 12.4 Å². The van der Waals surface area contributed by atoms with Crippen molar-refractivity contribution in [3.05, 3.63) is 90.0 Å². The van der Waals surface area contributed by atoms with E-state index in [1.54, 1.807) is 30.5 Å². The predicted octanol–water partition coefficient (Wildman–Crippen LogP) is 1.34. The molecule has 48 heavy (non-hydrogen) atoms. The van der Waals surface area contributed by atoms with Gasteiger partial charge in [-0.3, -0.25) is 19.2 Å². The summed E-state index contributed by atoms with van der Waals surface area (Å²) < 4.78 is 0. The van der Waals surface area contributed by atoms with E-state index in [2.05, 4.69) is 25.9 Å². The average molecular weight is 660 g/mol. The molecule has 1 saturated heterocycles. The van der Waals surface area contributed by atoms with E-state index in [9.17, 15) is 29.1 Å². The summed E-state index contributed by atoms with van der Waals surface area (Å²) in [5.74, 6) is -3.33. The summed E-state index contributed by atoms with van der Waals surface area (Å²) in [4.78, 5) is 74.8. The lowest BCUT2D eigenvalue weighted by Gasteiger charge is -2.29. The molecule has 3 aromatic rings. The Balaban J connectivity index is 1.48. The second kappa shape index (κ2) is 17.2. The molecule has 0 unspecified atom stereocenters. The van der Waals surface area contributed by atoms with Gasteiger partial charge < -0.3 is 36.7 Å². The molecule has 0 bridgehead atoms.